The summed E-state index contributed by atoms with van der Waals surface area (Å²) in [7, 11) is 0. The van der Waals surface area contributed by atoms with E-state index in [1.54, 1.807) is 12.1 Å². The molecule has 2 aromatic carbocycles. The first-order valence-electron chi connectivity index (χ1n) is 10.1. The third-order valence-electron chi connectivity index (χ3n) is 5.46. The normalized spacial score (nSPS) is 14.5. The summed E-state index contributed by atoms with van der Waals surface area (Å²) in [5.74, 6) is 0.574. The van der Waals surface area contributed by atoms with Crippen LogP contribution in [-0.4, -0.2) is 17.0 Å². The molecule has 1 aliphatic rings. The second kappa shape index (κ2) is 8.68. The van der Waals surface area contributed by atoms with E-state index in [9.17, 15) is 14.7 Å². The number of carboxylic acids is 1. The van der Waals surface area contributed by atoms with Crippen molar-refractivity contribution in [3.8, 4) is 11.5 Å². The van der Waals surface area contributed by atoms with E-state index in [4.69, 9.17) is 9.47 Å². The highest BCUT2D eigenvalue weighted by Gasteiger charge is 2.31. The SMILES string of the molecule is CC(=O)Oc1c(COc2c(C(C)C)cccc2[C@H](C)C2CC2)cccc1C(=O)O. The number of carbonyl (C=O) groups is 2. The van der Waals surface area contributed by atoms with E-state index >= 15 is 0 Å². The van der Waals surface area contributed by atoms with E-state index in [2.05, 4.69) is 39.0 Å². The van der Waals surface area contributed by atoms with Crippen LogP contribution in [0.5, 0.6) is 11.5 Å². The van der Waals surface area contributed by atoms with E-state index < -0.39 is 11.9 Å². The first kappa shape index (κ1) is 20.9. The van der Waals surface area contributed by atoms with Gasteiger partial charge in [0, 0.05) is 12.5 Å². The van der Waals surface area contributed by atoms with Crippen molar-refractivity contribution in [2.24, 2.45) is 5.92 Å². The van der Waals surface area contributed by atoms with Crippen LogP contribution in [0.2, 0.25) is 0 Å². The molecule has 154 valence electrons. The average Bonchev–Trinajstić information content (AvgIpc) is 3.50. The minimum absolute atomic E-state index is 0.0475. The maximum atomic E-state index is 11.6. The first-order valence-corrected chi connectivity index (χ1v) is 10.1. The summed E-state index contributed by atoms with van der Waals surface area (Å²) in [4.78, 5) is 23.1. The van der Waals surface area contributed by atoms with Gasteiger partial charge in [-0.25, -0.2) is 4.79 Å². The fraction of sp³-hybridized carbons (Fsp3) is 0.417. The molecular formula is C24H28O5. The van der Waals surface area contributed by atoms with Crippen molar-refractivity contribution in [3.05, 3.63) is 58.7 Å². The smallest absolute Gasteiger partial charge is 0.339 e. The molecule has 29 heavy (non-hydrogen) atoms. The number of carbonyl (C=O) groups excluding carboxylic acids is 1. The van der Waals surface area contributed by atoms with Gasteiger partial charge < -0.3 is 14.6 Å². The van der Waals surface area contributed by atoms with Crippen LogP contribution < -0.4 is 9.47 Å². The third-order valence-corrected chi connectivity index (χ3v) is 5.46. The molecule has 0 amide bonds. The van der Waals surface area contributed by atoms with Gasteiger partial charge in [-0.3, -0.25) is 4.79 Å². The summed E-state index contributed by atoms with van der Waals surface area (Å²) < 4.78 is 11.5. The van der Waals surface area contributed by atoms with E-state index in [0.717, 1.165) is 11.3 Å². The predicted octanol–water partition coefficient (Wildman–Crippen LogP) is 5.53. The second-order valence-electron chi connectivity index (χ2n) is 8.03. The van der Waals surface area contributed by atoms with Crippen molar-refractivity contribution >= 4 is 11.9 Å². The summed E-state index contributed by atoms with van der Waals surface area (Å²) in [6.07, 6.45) is 2.48. The number of benzene rings is 2. The molecule has 5 heteroatoms. The molecule has 5 nitrogen and oxygen atoms in total. The van der Waals surface area contributed by atoms with Crippen molar-refractivity contribution in [2.45, 2.75) is 59.0 Å². The van der Waals surface area contributed by atoms with Crippen LogP contribution >= 0.6 is 0 Å². The average molecular weight is 396 g/mol. The molecule has 0 heterocycles. The van der Waals surface area contributed by atoms with Crippen LogP contribution in [0.3, 0.4) is 0 Å². The fourth-order valence-corrected chi connectivity index (χ4v) is 3.68. The Bertz CT molecular complexity index is 911. The maximum Gasteiger partial charge on any atom is 0.339 e. The van der Waals surface area contributed by atoms with Crippen LogP contribution in [0.1, 0.15) is 79.4 Å². The predicted molar refractivity (Wildman–Crippen MR) is 111 cm³/mol. The van der Waals surface area contributed by atoms with Gasteiger partial charge >= 0.3 is 11.9 Å². The number of hydrogen-bond donors (Lipinski definition) is 1. The Labute approximate surface area is 171 Å². The Hall–Kier alpha value is -2.82. The van der Waals surface area contributed by atoms with Crippen LogP contribution in [0.15, 0.2) is 36.4 Å². The highest BCUT2D eigenvalue weighted by molar-refractivity contribution is 5.92. The minimum Gasteiger partial charge on any atom is -0.488 e. The van der Waals surface area contributed by atoms with E-state index in [1.807, 2.05) is 0 Å². The van der Waals surface area contributed by atoms with Gasteiger partial charge in [0.2, 0.25) is 0 Å². The molecule has 3 rings (SSSR count). The lowest BCUT2D eigenvalue weighted by Gasteiger charge is -2.22. The van der Waals surface area contributed by atoms with E-state index in [-0.39, 0.29) is 23.8 Å². The Morgan fingerprint density at radius 2 is 1.69 bits per heavy atom. The van der Waals surface area contributed by atoms with Gasteiger partial charge in [0.15, 0.2) is 5.75 Å². The number of ether oxygens (including phenoxy) is 2. The Balaban J connectivity index is 1.96. The first-order chi connectivity index (χ1) is 13.8. The summed E-state index contributed by atoms with van der Waals surface area (Å²) in [5.41, 5.74) is 2.79. The zero-order chi connectivity index (χ0) is 21.1. The lowest BCUT2D eigenvalue weighted by molar-refractivity contribution is -0.131. The fourth-order valence-electron chi connectivity index (χ4n) is 3.68. The Morgan fingerprint density at radius 1 is 1.03 bits per heavy atom. The van der Waals surface area contributed by atoms with Gasteiger partial charge in [-0.2, -0.15) is 0 Å². The minimum atomic E-state index is -1.14. The second-order valence-corrected chi connectivity index (χ2v) is 8.03. The molecule has 0 saturated heterocycles. The largest absolute Gasteiger partial charge is 0.488 e. The zero-order valence-corrected chi connectivity index (χ0v) is 17.4. The number of esters is 1. The van der Waals surface area contributed by atoms with Gasteiger partial charge in [-0.1, -0.05) is 51.1 Å². The standard InChI is InChI=1S/C24H28O5/c1-14(2)19-8-6-9-20(15(3)17-11-12-17)23(19)28-13-18-7-5-10-21(24(26)27)22(18)29-16(4)25/h5-10,14-15,17H,11-13H2,1-4H3,(H,26,27)/t15-/m1/s1. The topological polar surface area (TPSA) is 72.8 Å². The van der Waals surface area contributed by atoms with Gasteiger partial charge in [-0.05, 0) is 47.8 Å². The van der Waals surface area contributed by atoms with Crippen molar-refractivity contribution in [2.75, 3.05) is 0 Å². The lowest BCUT2D eigenvalue weighted by atomic mass is 9.90. The van der Waals surface area contributed by atoms with Crippen LogP contribution in [0.25, 0.3) is 0 Å². The van der Waals surface area contributed by atoms with Crippen LogP contribution in [0, 0.1) is 5.92 Å². The monoisotopic (exact) mass is 396 g/mol. The van der Waals surface area contributed by atoms with Crippen molar-refractivity contribution in [1.29, 1.82) is 0 Å². The summed E-state index contributed by atoms with van der Waals surface area (Å²) in [5, 5.41) is 9.46. The highest BCUT2D eigenvalue weighted by atomic mass is 16.5. The number of para-hydroxylation sites is 2. The maximum absolute atomic E-state index is 11.6. The lowest BCUT2D eigenvalue weighted by Crippen LogP contribution is -2.12. The van der Waals surface area contributed by atoms with Crippen molar-refractivity contribution in [1.82, 2.24) is 0 Å². The van der Waals surface area contributed by atoms with Gasteiger partial charge in [0.05, 0.1) is 0 Å². The molecule has 1 saturated carbocycles. The molecule has 0 aliphatic heterocycles. The van der Waals surface area contributed by atoms with Crippen LogP contribution in [-0.2, 0) is 11.4 Å². The highest BCUT2D eigenvalue weighted by Crippen LogP contribution is 2.46. The quantitative estimate of drug-likeness (QED) is 0.469. The van der Waals surface area contributed by atoms with Crippen molar-refractivity contribution in [3.63, 3.8) is 0 Å². The number of hydrogen-bond acceptors (Lipinski definition) is 4. The Morgan fingerprint density at radius 3 is 2.28 bits per heavy atom. The molecule has 0 bridgehead atoms. The molecule has 2 aromatic rings. The molecule has 1 fully saturated rings. The van der Waals surface area contributed by atoms with Gasteiger partial charge in [0.25, 0.3) is 0 Å². The summed E-state index contributed by atoms with van der Waals surface area (Å²) in [6.45, 7) is 7.87. The van der Waals surface area contributed by atoms with Crippen molar-refractivity contribution < 1.29 is 24.2 Å². The number of carboxylic acid groups (broad SMARTS) is 1. The third kappa shape index (κ3) is 4.78. The molecule has 0 spiro atoms. The molecule has 0 aromatic heterocycles. The summed E-state index contributed by atoms with van der Waals surface area (Å²) in [6, 6.07) is 11.1. The summed E-state index contributed by atoms with van der Waals surface area (Å²) >= 11 is 0. The zero-order valence-electron chi connectivity index (χ0n) is 17.4. The van der Waals surface area contributed by atoms with Gasteiger partial charge in [-0.15, -0.1) is 0 Å². The molecule has 1 aliphatic carbocycles. The molecular weight excluding hydrogens is 368 g/mol. The van der Waals surface area contributed by atoms with Crippen LogP contribution in [0.4, 0.5) is 0 Å². The van der Waals surface area contributed by atoms with E-state index in [1.165, 1.54) is 31.4 Å². The number of aromatic carboxylic acids is 1. The molecule has 1 atom stereocenters. The molecule has 1 N–H and O–H groups in total. The molecule has 0 unspecified atom stereocenters. The Kier molecular flexibility index (Phi) is 6.26. The number of rotatable bonds is 8. The molecule has 0 radical (unpaired) electrons. The van der Waals surface area contributed by atoms with E-state index in [0.29, 0.717) is 17.4 Å². The van der Waals surface area contributed by atoms with Gasteiger partial charge in [0.1, 0.15) is 17.9 Å².